The summed E-state index contributed by atoms with van der Waals surface area (Å²) in [5, 5.41) is 2.81. The number of hydrogen-bond donors (Lipinski definition) is 1. The fourth-order valence-corrected chi connectivity index (χ4v) is 4.64. The van der Waals surface area contributed by atoms with Crippen LogP contribution in [0.4, 0.5) is 0 Å². The molecule has 0 radical (unpaired) electrons. The molecule has 1 atom stereocenters. The van der Waals surface area contributed by atoms with Crippen LogP contribution in [0.1, 0.15) is 64.0 Å². The highest BCUT2D eigenvalue weighted by atomic mass is 16.6. The van der Waals surface area contributed by atoms with Gasteiger partial charge in [-0.25, -0.2) is 0 Å². The summed E-state index contributed by atoms with van der Waals surface area (Å²) < 4.78 is 21.8. The summed E-state index contributed by atoms with van der Waals surface area (Å²) in [6.07, 6.45) is 0.322. The van der Waals surface area contributed by atoms with Crippen LogP contribution in [-0.4, -0.2) is 69.2 Å². The maximum atomic E-state index is 12.9. The predicted molar refractivity (Wildman–Crippen MR) is 153 cm³/mol. The Kier molecular flexibility index (Phi) is 14.6. The number of esters is 2. The van der Waals surface area contributed by atoms with Crippen LogP contribution in [0.2, 0.25) is 0 Å². The second-order valence-corrected chi connectivity index (χ2v) is 10.6. The van der Waals surface area contributed by atoms with E-state index in [1.165, 1.54) is 0 Å². The monoisotopic (exact) mass is 583 g/mol. The Hall–Kier alpha value is -3.85. The molecule has 2 aromatic carbocycles. The van der Waals surface area contributed by atoms with Crippen molar-refractivity contribution in [2.24, 2.45) is 5.92 Å². The second-order valence-electron chi connectivity index (χ2n) is 10.6. The predicted octanol–water partition coefficient (Wildman–Crippen LogP) is 4.06. The molecule has 0 aliphatic heterocycles. The van der Waals surface area contributed by atoms with Gasteiger partial charge in [-0.15, -0.1) is 0 Å². The molecule has 10 nitrogen and oxygen atoms in total. The van der Waals surface area contributed by atoms with Gasteiger partial charge in [0.25, 0.3) is 0 Å². The smallest absolute Gasteiger partial charge is 0.373 e. The van der Waals surface area contributed by atoms with Gasteiger partial charge in [0, 0.05) is 31.4 Å². The largest absolute Gasteiger partial charge is 0.465 e. The number of nitrogens with one attached hydrogen (secondary N) is 1. The highest BCUT2D eigenvalue weighted by Gasteiger charge is 2.30. The summed E-state index contributed by atoms with van der Waals surface area (Å²) in [4.78, 5) is 54.4. The second kappa shape index (κ2) is 17.9. The van der Waals surface area contributed by atoms with E-state index in [-0.39, 0.29) is 43.8 Å². The first-order chi connectivity index (χ1) is 20.1. The molecule has 3 rings (SSSR count). The molecule has 0 saturated heterocycles. The fraction of sp³-hybridized carbons (Fsp3) is 0.500. The fourth-order valence-electron chi connectivity index (χ4n) is 4.64. The Morgan fingerprint density at radius 2 is 1.45 bits per heavy atom. The molecule has 0 aromatic heterocycles. The molecule has 2 aromatic rings. The van der Waals surface area contributed by atoms with Crippen LogP contribution in [0.25, 0.3) is 11.1 Å². The van der Waals surface area contributed by atoms with Crippen molar-refractivity contribution >= 4 is 24.0 Å². The van der Waals surface area contributed by atoms with E-state index in [1.807, 2.05) is 31.2 Å². The van der Waals surface area contributed by atoms with Crippen LogP contribution in [0.15, 0.2) is 48.5 Å². The summed E-state index contributed by atoms with van der Waals surface area (Å²) in [6.45, 7) is 9.62. The first-order valence-corrected chi connectivity index (χ1v) is 14.1. The minimum Gasteiger partial charge on any atom is -0.465 e. The van der Waals surface area contributed by atoms with E-state index in [9.17, 15) is 14.4 Å². The van der Waals surface area contributed by atoms with Gasteiger partial charge in [0.2, 0.25) is 5.91 Å². The lowest BCUT2D eigenvalue weighted by atomic mass is 9.97. The lowest BCUT2D eigenvalue weighted by molar-refractivity contribution is -0.191. The van der Waals surface area contributed by atoms with Gasteiger partial charge in [0.05, 0.1) is 26.2 Å². The zero-order valence-corrected chi connectivity index (χ0v) is 24.8. The van der Waals surface area contributed by atoms with Crippen molar-refractivity contribution < 1.29 is 42.9 Å². The van der Waals surface area contributed by atoms with Crippen molar-refractivity contribution in [3.63, 3.8) is 0 Å². The van der Waals surface area contributed by atoms with Crippen LogP contribution in [0.5, 0.6) is 0 Å². The Morgan fingerprint density at radius 3 is 2.02 bits per heavy atom. The van der Waals surface area contributed by atoms with Gasteiger partial charge >= 0.3 is 18.1 Å². The molecule has 0 unspecified atom stereocenters. The van der Waals surface area contributed by atoms with E-state index < -0.39 is 23.5 Å². The van der Waals surface area contributed by atoms with Crippen LogP contribution in [0, 0.1) is 5.92 Å². The number of rotatable bonds is 15. The highest BCUT2D eigenvalue weighted by Crippen LogP contribution is 2.44. The maximum absolute atomic E-state index is 12.9. The molecule has 0 spiro atoms. The van der Waals surface area contributed by atoms with Crippen molar-refractivity contribution in [2.75, 3.05) is 39.6 Å². The Bertz CT molecular complexity index is 1150. The lowest BCUT2D eigenvalue weighted by Crippen LogP contribution is -2.35. The number of carbonyl (C=O) groups excluding carboxylic acids is 5. The van der Waals surface area contributed by atoms with Gasteiger partial charge in [-0.2, -0.15) is 9.59 Å². The summed E-state index contributed by atoms with van der Waals surface area (Å²) in [7, 11) is 0. The molecule has 0 fully saturated rings. The Morgan fingerprint density at radius 1 is 0.881 bits per heavy atom. The van der Waals surface area contributed by atoms with E-state index >= 15 is 0 Å². The van der Waals surface area contributed by atoms with E-state index in [4.69, 9.17) is 28.5 Å². The SMILES string of the molecule is CCOCCOCCNC(=O)[C@H](CCC(=O)OC(C)(C)C)CC(=O)OCC1c2ccccc2-c2ccccc21.O=C=O. The van der Waals surface area contributed by atoms with Gasteiger partial charge < -0.3 is 24.3 Å². The maximum Gasteiger partial charge on any atom is 0.373 e. The van der Waals surface area contributed by atoms with E-state index in [1.54, 1.807) is 20.8 Å². The normalized spacial score (nSPS) is 12.6. The molecule has 0 bridgehead atoms. The van der Waals surface area contributed by atoms with Crippen LogP contribution in [0.3, 0.4) is 0 Å². The van der Waals surface area contributed by atoms with Crippen LogP contribution in [-0.2, 0) is 42.9 Å². The topological polar surface area (TPSA) is 134 Å². The standard InChI is InChI=1S/C31H41NO7.CO2/c1-5-36-18-19-37-17-16-32-30(35)22(14-15-28(33)39-31(2,3)4)20-29(34)38-21-27-25-12-8-6-10-23(25)24-11-7-9-13-26(24)27;2-1-3/h6-13,22,27H,5,14-21H2,1-4H3,(H,32,35);/t22-;/m1./s1. The lowest BCUT2D eigenvalue weighted by Gasteiger charge is -2.21. The molecule has 10 heteroatoms. The number of carbonyl (C=O) groups is 3. The van der Waals surface area contributed by atoms with Gasteiger partial charge in [-0.3, -0.25) is 14.4 Å². The Balaban J connectivity index is 0.00000197. The summed E-state index contributed by atoms with van der Waals surface area (Å²) >= 11 is 0. The van der Waals surface area contributed by atoms with Crippen LogP contribution < -0.4 is 5.32 Å². The van der Waals surface area contributed by atoms with Crippen molar-refractivity contribution in [1.82, 2.24) is 5.32 Å². The molecule has 42 heavy (non-hydrogen) atoms. The van der Waals surface area contributed by atoms with E-state index in [0.717, 1.165) is 22.3 Å². The third-order valence-corrected chi connectivity index (χ3v) is 6.40. The molecular weight excluding hydrogens is 542 g/mol. The van der Waals surface area contributed by atoms with E-state index in [0.29, 0.717) is 33.0 Å². The third-order valence-electron chi connectivity index (χ3n) is 6.40. The Labute approximate surface area is 247 Å². The van der Waals surface area contributed by atoms with Crippen molar-refractivity contribution in [2.45, 2.75) is 58.5 Å². The zero-order valence-electron chi connectivity index (χ0n) is 24.8. The van der Waals surface area contributed by atoms with Gasteiger partial charge in [-0.05, 0) is 56.4 Å². The first-order valence-electron chi connectivity index (χ1n) is 14.1. The molecule has 0 heterocycles. The summed E-state index contributed by atoms with van der Waals surface area (Å²) in [6, 6.07) is 16.2. The zero-order chi connectivity index (χ0) is 31.0. The third kappa shape index (κ3) is 11.6. The van der Waals surface area contributed by atoms with Gasteiger partial charge in [-0.1, -0.05) is 48.5 Å². The number of benzene rings is 2. The molecule has 228 valence electrons. The van der Waals surface area contributed by atoms with Crippen LogP contribution >= 0.6 is 0 Å². The number of fused-ring (bicyclic) bond motifs is 3. The molecule has 0 saturated carbocycles. The highest BCUT2D eigenvalue weighted by molar-refractivity contribution is 5.84. The van der Waals surface area contributed by atoms with Crippen molar-refractivity contribution in [3.05, 3.63) is 59.7 Å². The molecule has 1 aliphatic rings. The molecule has 1 amide bonds. The molecule has 1 aliphatic carbocycles. The minimum atomic E-state index is -0.725. The quantitative estimate of drug-likeness (QED) is 0.243. The van der Waals surface area contributed by atoms with E-state index in [2.05, 4.69) is 29.6 Å². The number of ether oxygens (including phenoxy) is 4. The first kappa shape index (κ1) is 34.4. The number of hydrogen-bond acceptors (Lipinski definition) is 9. The number of amides is 1. The summed E-state index contributed by atoms with van der Waals surface area (Å²) in [5.41, 5.74) is 3.91. The molecule has 1 N–H and O–H groups in total. The average Bonchev–Trinajstić information content (AvgIpc) is 3.26. The summed E-state index contributed by atoms with van der Waals surface area (Å²) in [5.74, 6) is -2.00. The molecular formula is C32H41NO9. The average molecular weight is 584 g/mol. The van der Waals surface area contributed by atoms with Gasteiger partial charge in [0.1, 0.15) is 12.2 Å². The van der Waals surface area contributed by atoms with Crippen molar-refractivity contribution in [1.29, 1.82) is 0 Å². The van der Waals surface area contributed by atoms with Gasteiger partial charge in [0.15, 0.2) is 0 Å². The minimum absolute atomic E-state index is 0.0247. The van der Waals surface area contributed by atoms with Crippen molar-refractivity contribution in [3.8, 4) is 11.1 Å².